The van der Waals surface area contributed by atoms with Gasteiger partial charge >= 0.3 is 0 Å². The van der Waals surface area contributed by atoms with Crippen molar-refractivity contribution in [1.29, 1.82) is 0 Å². The first-order valence-electron chi connectivity index (χ1n) is 7.55. The van der Waals surface area contributed by atoms with Crippen molar-refractivity contribution in [2.45, 2.75) is 6.92 Å². The van der Waals surface area contributed by atoms with E-state index in [-0.39, 0.29) is 11.7 Å². The molecule has 1 aromatic heterocycles. The number of nitrogens with zero attached hydrogens (tertiary/aromatic N) is 1. The molecular weight excluding hydrogens is 306 g/mol. The van der Waals surface area contributed by atoms with Crippen LogP contribution in [0.3, 0.4) is 0 Å². The number of para-hydroxylation sites is 1. The number of benzene rings is 2. The van der Waals surface area contributed by atoms with Gasteiger partial charge in [-0.15, -0.1) is 0 Å². The van der Waals surface area contributed by atoms with E-state index in [2.05, 4.69) is 15.5 Å². The van der Waals surface area contributed by atoms with Crippen LogP contribution < -0.4 is 10.1 Å². The first-order chi connectivity index (χ1) is 11.7. The van der Waals surface area contributed by atoms with Crippen LogP contribution in [0.25, 0.3) is 11.3 Å². The normalized spacial score (nSPS) is 10.4. The first-order valence-corrected chi connectivity index (χ1v) is 7.55. The summed E-state index contributed by atoms with van der Waals surface area (Å²) in [4.78, 5) is 12.3. The molecule has 0 radical (unpaired) electrons. The Morgan fingerprint density at radius 3 is 2.67 bits per heavy atom. The Hall–Kier alpha value is -3.28. The molecule has 0 spiro atoms. The molecule has 6 heteroatoms. The minimum absolute atomic E-state index is 0.113. The van der Waals surface area contributed by atoms with Gasteiger partial charge in [-0.1, -0.05) is 12.1 Å². The molecule has 0 saturated heterocycles. The van der Waals surface area contributed by atoms with E-state index in [1.165, 1.54) is 0 Å². The fourth-order valence-corrected chi connectivity index (χ4v) is 2.27. The molecule has 3 rings (SSSR count). The van der Waals surface area contributed by atoms with E-state index in [1.54, 1.807) is 54.6 Å². The summed E-state index contributed by atoms with van der Waals surface area (Å²) >= 11 is 0. The highest BCUT2D eigenvalue weighted by molar-refractivity contribution is 6.03. The van der Waals surface area contributed by atoms with Gasteiger partial charge in [-0.2, -0.15) is 5.10 Å². The Balaban J connectivity index is 1.73. The summed E-state index contributed by atoms with van der Waals surface area (Å²) < 4.78 is 5.36. The molecule has 0 aliphatic heterocycles. The highest BCUT2D eigenvalue weighted by atomic mass is 16.5. The zero-order chi connectivity index (χ0) is 16.9. The van der Waals surface area contributed by atoms with Crippen molar-refractivity contribution in [2.75, 3.05) is 11.9 Å². The second-order valence-corrected chi connectivity index (χ2v) is 5.10. The zero-order valence-corrected chi connectivity index (χ0v) is 13.1. The summed E-state index contributed by atoms with van der Waals surface area (Å²) in [5.74, 6) is 0.551. The number of H-pyrrole nitrogens is 1. The monoisotopic (exact) mass is 323 g/mol. The van der Waals surface area contributed by atoms with Crippen LogP contribution in [0.2, 0.25) is 0 Å². The number of carbonyl (C=O) groups is 1. The van der Waals surface area contributed by atoms with Gasteiger partial charge in [0.15, 0.2) is 0 Å². The number of carbonyl (C=O) groups excluding carboxylic acids is 1. The van der Waals surface area contributed by atoms with Crippen LogP contribution in [0.4, 0.5) is 5.69 Å². The third kappa shape index (κ3) is 3.38. The predicted octanol–water partition coefficient (Wildman–Crippen LogP) is 3.43. The molecule has 122 valence electrons. The Morgan fingerprint density at radius 1 is 1.21 bits per heavy atom. The number of rotatable bonds is 5. The van der Waals surface area contributed by atoms with E-state index in [4.69, 9.17) is 4.74 Å². The summed E-state index contributed by atoms with van der Waals surface area (Å²) in [7, 11) is 0. The zero-order valence-electron chi connectivity index (χ0n) is 13.1. The second kappa shape index (κ2) is 6.87. The molecule has 0 atom stereocenters. The smallest absolute Gasteiger partial charge is 0.273 e. The Morgan fingerprint density at radius 2 is 1.96 bits per heavy atom. The Bertz CT molecular complexity index is 841. The second-order valence-electron chi connectivity index (χ2n) is 5.10. The summed E-state index contributed by atoms with van der Waals surface area (Å²) in [6, 6.07) is 15.5. The molecule has 0 unspecified atom stereocenters. The summed E-state index contributed by atoms with van der Waals surface area (Å²) in [5, 5.41) is 19.4. The average Bonchev–Trinajstić information content (AvgIpc) is 3.07. The molecular formula is C18H17N3O3. The predicted molar refractivity (Wildman–Crippen MR) is 91.3 cm³/mol. The minimum atomic E-state index is -0.312. The first kappa shape index (κ1) is 15.6. The third-order valence-electron chi connectivity index (χ3n) is 3.43. The molecule has 0 fully saturated rings. The number of phenolic OH excluding ortho intramolecular Hbond substituents is 1. The van der Waals surface area contributed by atoms with Gasteiger partial charge < -0.3 is 15.2 Å². The Kier molecular flexibility index (Phi) is 4.47. The highest BCUT2D eigenvalue weighted by Crippen LogP contribution is 2.27. The van der Waals surface area contributed by atoms with Gasteiger partial charge in [0.05, 0.1) is 12.3 Å². The Labute approximate surface area is 139 Å². The van der Waals surface area contributed by atoms with Crippen molar-refractivity contribution in [1.82, 2.24) is 10.2 Å². The van der Waals surface area contributed by atoms with Gasteiger partial charge in [-0.3, -0.25) is 9.89 Å². The summed E-state index contributed by atoms with van der Waals surface area (Å²) in [6.07, 6.45) is 0. The molecule has 3 N–H and O–H groups in total. The lowest BCUT2D eigenvalue weighted by Crippen LogP contribution is -2.12. The SMILES string of the molecule is CCOc1ccc(NC(=O)c2cc(-c3ccccc3O)n[nH]2)cc1. The number of phenols is 1. The van der Waals surface area contributed by atoms with Crippen molar-refractivity contribution >= 4 is 11.6 Å². The van der Waals surface area contributed by atoms with Crippen LogP contribution in [0, 0.1) is 0 Å². The average molecular weight is 323 g/mol. The van der Waals surface area contributed by atoms with Crippen molar-refractivity contribution in [3.8, 4) is 22.8 Å². The molecule has 1 heterocycles. The van der Waals surface area contributed by atoms with Crippen LogP contribution in [0.1, 0.15) is 17.4 Å². The molecule has 24 heavy (non-hydrogen) atoms. The maximum absolute atomic E-state index is 12.3. The van der Waals surface area contributed by atoms with Crippen LogP contribution in [-0.2, 0) is 0 Å². The molecule has 0 saturated carbocycles. The van der Waals surface area contributed by atoms with Crippen LogP contribution in [0.5, 0.6) is 11.5 Å². The lowest BCUT2D eigenvalue weighted by Gasteiger charge is -2.06. The number of aromatic nitrogens is 2. The summed E-state index contributed by atoms with van der Waals surface area (Å²) in [6.45, 7) is 2.50. The van der Waals surface area contributed by atoms with Crippen LogP contribution in [0.15, 0.2) is 54.6 Å². The van der Waals surface area contributed by atoms with Gasteiger partial charge in [0.25, 0.3) is 5.91 Å². The van der Waals surface area contributed by atoms with Gasteiger partial charge in [-0.05, 0) is 49.4 Å². The minimum Gasteiger partial charge on any atom is -0.507 e. The maximum Gasteiger partial charge on any atom is 0.273 e. The van der Waals surface area contributed by atoms with Crippen molar-refractivity contribution < 1.29 is 14.6 Å². The van der Waals surface area contributed by atoms with Crippen molar-refractivity contribution in [3.05, 3.63) is 60.3 Å². The van der Waals surface area contributed by atoms with Gasteiger partial charge in [0, 0.05) is 11.3 Å². The fourth-order valence-electron chi connectivity index (χ4n) is 2.27. The molecule has 0 aliphatic carbocycles. The molecule has 0 bridgehead atoms. The highest BCUT2D eigenvalue weighted by Gasteiger charge is 2.13. The molecule has 2 aromatic carbocycles. The van der Waals surface area contributed by atoms with E-state index in [0.717, 1.165) is 5.75 Å². The lowest BCUT2D eigenvalue weighted by molar-refractivity contribution is 0.102. The third-order valence-corrected chi connectivity index (χ3v) is 3.43. The number of nitrogens with one attached hydrogen (secondary N) is 2. The molecule has 3 aromatic rings. The quantitative estimate of drug-likeness (QED) is 0.671. The standard InChI is InChI=1S/C18H17N3O3/c1-2-24-13-9-7-12(8-10-13)19-18(23)16-11-15(20-21-16)14-5-3-4-6-17(14)22/h3-11,22H,2H2,1H3,(H,19,23)(H,20,21). The van der Waals surface area contributed by atoms with E-state index >= 15 is 0 Å². The number of hydrogen-bond acceptors (Lipinski definition) is 4. The lowest BCUT2D eigenvalue weighted by atomic mass is 10.1. The van der Waals surface area contributed by atoms with E-state index in [0.29, 0.717) is 29.2 Å². The number of amides is 1. The number of aromatic amines is 1. The number of aromatic hydroxyl groups is 1. The molecule has 1 amide bonds. The summed E-state index contributed by atoms with van der Waals surface area (Å²) in [5.41, 5.74) is 2.03. The maximum atomic E-state index is 12.3. The van der Waals surface area contributed by atoms with Crippen LogP contribution in [-0.4, -0.2) is 27.8 Å². The topological polar surface area (TPSA) is 87.2 Å². The number of anilines is 1. The van der Waals surface area contributed by atoms with E-state index in [1.807, 2.05) is 6.92 Å². The van der Waals surface area contributed by atoms with Crippen LogP contribution >= 0.6 is 0 Å². The number of ether oxygens (including phenoxy) is 1. The fraction of sp³-hybridized carbons (Fsp3) is 0.111. The van der Waals surface area contributed by atoms with E-state index < -0.39 is 0 Å². The van der Waals surface area contributed by atoms with Gasteiger partial charge in [0.2, 0.25) is 0 Å². The number of hydrogen-bond donors (Lipinski definition) is 3. The van der Waals surface area contributed by atoms with E-state index in [9.17, 15) is 9.90 Å². The van der Waals surface area contributed by atoms with Gasteiger partial charge in [-0.25, -0.2) is 0 Å². The van der Waals surface area contributed by atoms with Crippen molar-refractivity contribution in [3.63, 3.8) is 0 Å². The largest absolute Gasteiger partial charge is 0.507 e. The van der Waals surface area contributed by atoms with Crippen molar-refractivity contribution in [2.24, 2.45) is 0 Å². The van der Waals surface area contributed by atoms with Gasteiger partial charge in [0.1, 0.15) is 17.2 Å². The molecule has 6 nitrogen and oxygen atoms in total. The molecule has 0 aliphatic rings.